The van der Waals surface area contributed by atoms with Crippen molar-refractivity contribution in [3.8, 4) is 16.9 Å². The SMILES string of the molecule is CC(C)(C)OC(=O)N(CCc1ccc(-c2ccc(C(=O)NS(=O)(=O)CCCO)c(OC3CCCCCC3)c2)cc1)C[C@H](O)c1cccnc1. The molecule has 0 unspecified atom stereocenters. The second-order valence-corrected chi connectivity index (χ2v) is 15.3. The van der Waals surface area contributed by atoms with Crippen LogP contribution in [0.1, 0.15) is 93.3 Å². The lowest BCUT2D eigenvalue weighted by atomic mass is 10.0. The summed E-state index contributed by atoms with van der Waals surface area (Å²) in [5, 5.41) is 19.9. The number of hydrogen-bond donors (Lipinski definition) is 3. The largest absolute Gasteiger partial charge is 0.490 e. The van der Waals surface area contributed by atoms with E-state index < -0.39 is 33.7 Å². The molecular weight excluding hydrogens is 646 g/mol. The molecule has 1 aromatic heterocycles. The Labute approximate surface area is 289 Å². The standard InChI is InChI=1S/C37H49N3O8S/c1-37(2,3)48-36(44)40(26-33(42)30-10-8-20-38-25-30)21-19-27-13-15-28(16-14-27)29-17-18-32(35(43)39-49(45,46)23-9-22-41)34(24-29)47-31-11-6-4-5-7-12-31/h8,10,13-18,20,24-25,31,33,41-42H,4-7,9,11-12,19,21-23,26H2,1-3H3,(H,39,43)/t33-/m0/s1. The molecule has 2 aromatic carbocycles. The third-order valence-corrected chi connectivity index (χ3v) is 9.54. The van der Waals surface area contributed by atoms with Gasteiger partial charge in [0.25, 0.3) is 5.91 Å². The van der Waals surface area contributed by atoms with Crippen molar-refractivity contribution in [2.24, 2.45) is 0 Å². The van der Waals surface area contributed by atoms with Crippen LogP contribution in [0, 0.1) is 0 Å². The van der Waals surface area contributed by atoms with Crippen molar-refractivity contribution >= 4 is 22.0 Å². The quantitative estimate of drug-likeness (QED) is 0.177. The maximum Gasteiger partial charge on any atom is 0.410 e. The maximum atomic E-state index is 13.2. The third-order valence-electron chi connectivity index (χ3n) is 8.21. The molecule has 3 aromatic rings. The molecule has 11 nitrogen and oxygen atoms in total. The van der Waals surface area contributed by atoms with Crippen LogP contribution < -0.4 is 9.46 Å². The Bertz CT molecular complexity index is 1620. The predicted octanol–water partition coefficient (Wildman–Crippen LogP) is 5.81. The number of carbonyl (C=O) groups excluding carboxylic acids is 2. The maximum absolute atomic E-state index is 13.2. The van der Waals surface area contributed by atoms with E-state index in [0.29, 0.717) is 24.3 Å². The zero-order chi connectivity index (χ0) is 35.4. The molecule has 1 saturated carbocycles. The monoisotopic (exact) mass is 695 g/mol. The van der Waals surface area contributed by atoms with Crippen molar-refractivity contribution in [3.05, 3.63) is 83.7 Å². The lowest BCUT2D eigenvalue weighted by molar-refractivity contribution is 0.0146. The Hall–Kier alpha value is -4.00. The zero-order valence-corrected chi connectivity index (χ0v) is 29.5. The van der Waals surface area contributed by atoms with Crippen molar-refractivity contribution < 1.29 is 37.7 Å². The van der Waals surface area contributed by atoms with Crippen LogP contribution in [0.15, 0.2) is 67.0 Å². The summed E-state index contributed by atoms with van der Waals surface area (Å²) < 4.78 is 39.0. The van der Waals surface area contributed by atoms with Crippen molar-refractivity contribution in [1.82, 2.24) is 14.6 Å². The average molecular weight is 696 g/mol. The molecule has 0 aliphatic heterocycles. The highest BCUT2D eigenvalue weighted by Gasteiger charge is 2.25. The van der Waals surface area contributed by atoms with Crippen LogP contribution in [-0.4, -0.2) is 77.7 Å². The number of pyridine rings is 1. The normalized spacial score (nSPS) is 14.8. The van der Waals surface area contributed by atoms with Crippen molar-refractivity contribution in [2.45, 2.75) is 89.9 Å². The second-order valence-electron chi connectivity index (χ2n) is 13.4. The number of ether oxygens (including phenoxy) is 2. The molecule has 1 heterocycles. The minimum Gasteiger partial charge on any atom is -0.490 e. The van der Waals surface area contributed by atoms with Crippen LogP contribution in [0.5, 0.6) is 5.75 Å². The molecule has 266 valence electrons. The van der Waals surface area contributed by atoms with Crippen LogP contribution >= 0.6 is 0 Å². The van der Waals surface area contributed by atoms with Gasteiger partial charge in [-0.05, 0) is 94.2 Å². The fraction of sp³-hybridized carbons (Fsp3) is 0.486. The van der Waals surface area contributed by atoms with Crippen LogP contribution in [-0.2, 0) is 21.2 Å². The topological polar surface area (TPSA) is 155 Å². The van der Waals surface area contributed by atoms with Gasteiger partial charge in [-0.2, -0.15) is 0 Å². The third kappa shape index (κ3) is 12.1. The summed E-state index contributed by atoms with van der Waals surface area (Å²) in [6, 6.07) is 16.4. The average Bonchev–Trinajstić information content (AvgIpc) is 3.34. The first kappa shape index (κ1) is 37.8. The molecule has 49 heavy (non-hydrogen) atoms. The van der Waals surface area contributed by atoms with Gasteiger partial charge in [-0.3, -0.25) is 9.78 Å². The van der Waals surface area contributed by atoms with E-state index in [9.17, 15) is 23.1 Å². The number of sulfonamides is 1. The minimum atomic E-state index is -3.93. The smallest absolute Gasteiger partial charge is 0.410 e. The van der Waals surface area contributed by atoms with Gasteiger partial charge in [0.15, 0.2) is 0 Å². The summed E-state index contributed by atoms with van der Waals surface area (Å²) in [6.45, 7) is 5.46. The van der Waals surface area contributed by atoms with Crippen LogP contribution in [0.4, 0.5) is 4.79 Å². The van der Waals surface area contributed by atoms with Gasteiger partial charge < -0.3 is 24.6 Å². The molecule has 0 radical (unpaired) electrons. The molecule has 1 atom stereocenters. The first-order valence-corrected chi connectivity index (χ1v) is 18.6. The Balaban J connectivity index is 1.51. The van der Waals surface area contributed by atoms with Crippen molar-refractivity contribution in [3.63, 3.8) is 0 Å². The number of nitrogens with zero attached hydrogens (tertiary/aromatic N) is 2. The highest BCUT2D eigenvalue weighted by Crippen LogP contribution is 2.31. The van der Waals surface area contributed by atoms with E-state index in [1.807, 2.05) is 24.3 Å². The molecular formula is C37H49N3O8S. The van der Waals surface area contributed by atoms with Gasteiger partial charge in [0.05, 0.1) is 30.1 Å². The van der Waals surface area contributed by atoms with Gasteiger partial charge in [-0.1, -0.05) is 49.2 Å². The minimum absolute atomic E-state index is 0.0232. The molecule has 4 rings (SSSR count). The number of nitrogens with one attached hydrogen (secondary N) is 1. The predicted molar refractivity (Wildman–Crippen MR) is 188 cm³/mol. The van der Waals surface area contributed by atoms with E-state index in [2.05, 4.69) is 9.71 Å². The fourth-order valence-corrected chi connectivity index (χ4v) is 6.63. The Kier molecular flexibility index (Phi) is 13.6. The summed E-state index contributed by atoms with van der Waals surface area (Å²) >= 11 is 0. The fourth-order valence-electron chi connectivity index (χ4n) is 5.63. The van der Waals surface area contributed by atoms with Crippen LogP contribution in [0.3, 0.4) is 0 Å². The summed E-state index contributed by atoms with van der Waals surface area (Å²) in [5.74, 6) is -0.811. The molecule has 0 saturated heterocycles. The molecule has 0 bridgehead atoms. The van der Waals surface area contributed by atoms with Crippen molar-refractivity contribution in [1.29, 1.82) is 0 Å². The van der Waals surface area contributed by atoms with Gasteiger partial charge in [0, 0.05) is 31.1 Å². The summed E-state index contributed by atoms with van der Waals surface area (Å²) in [7, 11) is -3.93. The van der Waals surface area contributed by atoms with E-state index in [-0.39, 0.29) is 37.0 Å². The second kappa shape index (κ2) is 17.6. The number of rotatable bonds is 14. The molecule has 1 aliphatic carbocycles. The highest BCUT2D eigenvalue weighted by molar-refractivity contribution is 7.90. The zero-order valence-electron chi connectivity index (χ0n) is 28.6. The number of amides is 2. The first-order valence-electron chi connectivity index (χ1n) is 16.9. The van der Waals surface area contributed by atoms with Gasteiger partial charge >= 0.3 is 6.09 Å². The molecule has 3 N–H and O–H groups in total. The van der Waals surface area contributed by atoms with Gasteiger partial charge in [-0.25, -0.2) is 17.9 Å². The Morgan fingerprint density at radius 1 is 1.02 bits per heavy atom. The number of carbonyl (C=O) groups is 2. The summed E-state index contributed by atoms with van der Waals surface area (Å²) in [6.07, 6.45) is 8.23. The molecule has 12 heteroatoms. The van der Waals surface area contributed by atoms with Gasteiger partial charge in [0.1, 0.15) is 11.4 Å². The van der Waals surface area contributed by atoms with E-state index in [4.69, 9.17) is 14.6 Å². The first-order chi connectivity index (χ1) is 23.3. The Morgan fingerprint density at radius 3 is 2.35 bits per heavy atom. The highest BCUT2D eigenvalue weighted by atomic mass is 32.2. The van der Waals surface area contributed by atoms with E-state index in [1.165, 1.54) is 4.90 Å². The van der Waals surface area contributed by atoms with E-state index in [1.54, 1.807) is 63.5 Å². The van der Waals surface area contributed by atoms with E-state index in [0.717, 1.165) is 55.2 Å². The number of aliphatic hydroxyl groups excluding tert-OH is 2. The Morgan fingerprint density at radius 2 is 1.71 bits per heavy atom. The van der Waals surface area contributed by atoms with Gasteiger partial charge in [-0.15, -0.1) is 0 Å². The number of aromatic nitrogens is 1. The molecule has 0 spiro atoms. The van der Waals surface area contributed by atoms with Gasteiger partial charge in [0.2, 0.25) is 10.0 Å². The lowest BCUT2D eigenvalue weighted by Gasteiger charge is -2.29. The lowest BCUT2D eigenvalue weighted by Crippen LogP contribution is -2.40. The van der Waals surface area contributed by atoms with Crippen LogP contribution in [0.2, 0.25) is 0 Å². The molecule has 2 amide bonds. The van der Waals surface area contributed by atoms with Crippen molar-refractivity contribution in [2.75, 3.05) is 25.4 Å². The number of aliphatic hydroxyl groups is 2. The summed E-state index contributed by atoms with van der Waals surface area (Å²) in [5.41, 5.74) is 2.67. The summed E-state index contributed by atoms with van der Waals surface area (Å²) in [4.78, 5) is 31.8. The number of hydrogen-bond acceptors (Lipinski definition) is 9. The van der Waals surface area contributed by atoms with Crippen LogP contribution in [0.25, 0.3) is 11.1 Å². The number of benzene rings is 2. The van der Waals surface area contributed by atoms with E-state index >= 15 is 0 Å². The molecule has 1 aliphatic rings. The molecule has 1 fully saturated rings.